The van der Waals surface area contributed by atoms with Gasteiger partial charge in [-0.2, -0.15) is 0 Å². The maximum absolute atomic E-state index is 12.6. The molecule has 2 N–H and O–H groups in total. The molecule has 0 saturated heterocycles. The molecule has 0 radical (unpaired) electrons. The summed E-state index contributed by atoms with van der Waals surface area (Å²) >= 11 is 1.60. The Morgan fingerprint density at radius 3 is 2.96 bits per heavy atom. The fourth-order valence-corrected chi connectivity index (χ4v) is 3.98. The Balaban J connectivity index is 1.44. The third-order valence-electron chi connectivity index (χ3n) is 4.62. The number of aromatic nitrogens is 1. The molecule has 0 spiro atoms. The summed E-state index contributed by atoms with van der Waals surface area (Å²) in [6.45, 7) is 4.62. The van der Waals surface area contributed by atoms with Crippen LogP contribution in [0.15, 0.2) is 54.3 Å². The molecular weight excluding hydrogens is 374 g/mol. The van der Waals surface area contributed by atoms with Gasteiger partial charge in [-0.05, 0) is 30.4 Å². The number of para-hydroxylation sites is 1. The van der Waals surface area contributed by atoms with Crippen LogP contribution in [-0.4, -0.2) is 28.9 Å². The highest BCUT2D eigenvalue weighted by atomic mass is 32.1. The van der Waals surface area contributed by atoms with Crippen molar-refractivity contribution in [3.05, 3.63) is 69.7 Å². The zero-order valence-corrected chi connectivity index (χ0v) is 16.5. The van der Waals surface area contributed by atoms with Crippen LogP contribution in [0.2, 0.25) is 0 Å². The number of ether oxygens (including phenoxy) is 1. The molecule has 28 heavy (non-hydrogen) atoms. The average Bonchev–Trinajstić information content (AvgIpc) is 3.11. The maximum atomic E-state index is 12.6. The second-order valence-electron chi connectivity index (χ2n) is 7.06. The monoisotopic (exact) mass is 395 g/mol. The molecule has 1 aromatic carbocycles. The Labute approximate surface area is 167 Å². The van der Waals surface area contributed by atoms with Gasteiger partial charge in [0, 0.05) is 22.6 Å². The molecule has 144 valence electrons. The van der Waals surface area contributed by atoms with Gasteiger partial charge in [-0.3, -0.25) is 9.59 Å². The van der Waals surface area contributed by atoms with Crippen LogP contribution in [-0.2, 0) is 11.3 Å². The van der Waals surface area contributed by atoms with Crippen molar-refractivity contribution in [3.8, 4) is 5.75 Å². The minimum Gasteiger partial charge on any atom is -0.483 e. The van der Waals surface area contributed by atoms with E-state index in [1.54, 1.807) is 47.9 Å². The lowest BCUT2D eigenvalue weighted by molar-refractivity contribution is -0.117. The number of amides is 2. The van der Waals surface area contributed by atoms with Crippen LogP contribution < -0.4 is 15.4 Å². The topological polar surface area (TPSA) is 80.3 Å². The van der Waals surface area contributed by atoms with Gasteiger partial charge in [-0.15, -0.1) is 11.3 Å². The van der Waals surface area contributed by atoms with Crippen LogP contribution in [0.4, 0.5) is 0 Å². The second-order valence-corrected chi connectivity index (χ2v) is 8.21. The Morgan fingerprint density at radius 2 is 2.18 bits per heavy atom. The first kappa shape index (κ1) is 18.4. The molecule has 1 aliphatic heterocycles. The summed E-state index contributed by atoms with van der Waals surface area (Å²) < 4.78 is 5.96. The molecule has 0 bridgehead atoms. The summed E-state index contributed by atoms with van der Waals surface area (Å²) in [5.41, 5.74) is 1.00. The van der Waals surface area contributed by atoms with Gasteiger partial charge in [0.25, 0.3) is 11.8 Å². The first-order chi connectivity index (χ1) is 13.5. The van der Waals surface area contributed by atoms with E-state index in [4.69, 9.17) is 4.74 Å². The SMILES string of the molecule is CC(C)c1ncc(CNC(=O)C2=CC3NC(=O)c4ccccc4OC3C=C2)s1. The molecule has 4 rings (SSSR count). The molecule has 2 unspecified atom stereocenters. The summed E-state index contributed by atoms with van der Waals surface area (Å²) in [5.74, 6) is 0.522. The number of hydrogen-bond donors (Lipinski definition) is 2. The molecule has 0 saturated carbocycles. The predicted octanol–water partition coefficient (Wildman–Crippen LogP) is 2.94. The fraction of sp³-hybridized carbons (Fsp3) is 0.286. The van der Waals surface area contributed by atoms with Crippen molar-refractivity contribution in [2.45, 2.75) is 38.5 Å². The van der Waals surface area contributed by atoms with Crippen LogP contribution in [0.1, 0.15) is 40.0 Å². The van der Waals surface area contributed by atoms with E-state index >= 15 is 0 Å². The van der Waals surface area contributed by atoms with Crippen molar-refractivity contribution in [1.29, 1.82) is 0 Å². The Kier molecular flexibility index (Phi) is 5.00. The summed E-state index contributed by atoms with van der Waals surface area (Å²) in [4.78, 5) is 30.4. The standard InChI is InChI=1S/C21H21N3O3S/c1-12(2)21-23-11-14(28-21)10-22-19(25)13-7-8-18-16(9-13)24-20(26)15-5-3-4-6-17(15)27-18/h3-9,11-12,16,18H,10H2,1-2H3,(H,22,25)(H,24,26). The second kappa shape index (κ2) is 7.59. The normalized spacial score (nSPS) is 20.4. The molecule has 2 amide bonds. The van der Waals surface area contributed by atoms with Crippen LogP contribution >= 0.6 is 11.3 Å². The van der Waals surface area contributed by atoms with Gasteiger partial charge in [0.15, 0.2) is 0 Å². The molecule has 7 heteroatoms. The number of nitrogens with zero attached hydrogens (tertiary/aromatic N) is 1. The zero-order chi connectivity index (χ0) is 19.7. The van der Waals surface area contributed by atoms with Gasteiger partial charge >= 0.3 is 0 Å². The maximum Gasteiger partial charge on any atom is 0.255 e. The van der Waals surface area contributed by atoms with E-state index in [2.05, 4.69) is 29.5 Å². The lowest BCUT2D eigenvalue weighted by Crippen LogP contribution is -2.43. The summed E-state index contributed by atoms with van der Waals surface area (Å²) in [6.07, 6.45) is 6.75. The number of carbonyl (C=O) groups is 2. The largest absolute Gasteiger partial charge is 0.483 e. The minimum absolute atomic E-state index is 0.190. The van der Waals surface area contributed by atoms with E-state index in [9.17, 15) is 9.59 Å². The first-order valence-corrected chi connectivity index (χ1v) is 10.0. The summed E-state index contributed by atoms with van der Waals surface area (Å²) in [7, 11) is 0. The van der Waals surface area contributed by atoms with E-state index < -0.39 is 6.04 Å². The number of rotatable bonds is 4. The van der Waals surface area contributed by atoms with E-state index in [0.29, 0.717) is 29.3 Å². The molecule has 0 fully saturated rings. The van der Waals surface area contributed by atoms with Crippen LogP contribution in [0.3, 0.4) is 0 Å². The van der Waals surface area contributed by atoms with Crippen molar-refractivity contribution in [1.82, 2.24) is 15.6 Å². The fourth-order valence-electron chi connectivity index (χ4n) is 3.12. The number of fused-ring (bicyclic) bond motifs is 2. The molecule has 1 aromatic heterocycles. The minimum atomic E-state index is -0.401. The third-order valence-corrected chi connectivity index (χ3v) is 5.92. The van der Waals surface area contributed by atoms with Crippen molar-refractivity contribution in [2.75, 3.05) is 0 Å². The highest BCUT2D eigenvalue weighted by molar-refractivity contribution is 7.11. The van der Waals surface area contributed by atoms with Gasteiger partial charge < -0.3 is 15.4 Å². The smallest absolute Gasteiger partial charge is 0.255 e. The van der Waals surface area contributed by atoms with Gasteiger partial charge in [0.05, 0.1) is 23.2 Å². The molecule has 2 atom stereocenters. The van der Waals surface area contributed by atoms with Gasteiger partial charge in [-0.1, -0.05) is 26.0 Å². The molecule has 6 nitrogen and oxygen atoms in total. The lowest BCUT2D eigenvalue weighted by Gasteiger charge is -2.24. The quantitative estimate of drug-likeness (QED) is 0.834. The van der Waals surface area contributed by atoms with Crippen molar-refractivity contribution < 1.29 is 14.3 Å². The van der Waals surface area contributed by atoms with Gasteiger partial charge in [0.2, 0.25) is 0 Å². The molecule has 2 heterocycles. The van der Waals surface area contributed by atoms with Crippen molar-refractivity contribution in [2.24, 2.45) is 0 Å². The van der Waals surface area contributed by atoms with Crippen LogP contribution in [0.5, 0.6) is 5.75 Å². The number of nitrogens with one attached hydrogen (secondary N) is 2. The van der Waals surface area contributed by atoms with Gasteiger partial charge in [-0.25, -0.2) is 4.98 Å². The molecule has 1 aliphatic carbocycles. The highest BCUT2D eigenvalue weighted by Gasteiger charge is 2.31. The Morgan fingerprint density at radius 1 is 1.36 bits per heavy atom. The Hall–Kier alpha value is -2.93. The number of benzene rings is 1. The Bertz CT molecular complexity index is 977. The molecule has 2 aliphatic rings. The highest BCUT2D eigenvalue weighted by Crippen LogP contribution is 2.26. The molecular formula is C21H21N3O3S. The average molecular weight is 395 g/mol. The number of carbonyl (C=O) groups excluding carboxylic acids is 2. The van der Waals surface area contributed by atoms with E-state index in [1.165, 1.54) is 0 Å². The molecule has 2 aromatic rings. The predicted molar refractivity (Wildman–Crippen MR) is 107 cm³/mol. The lowest BCUT2D eigenvalue weighted by atomic mass is 9.99. The zero-order valence-electron chi connectivity index (χ0n) is 15.6. The number of hydrogen-bond acceptors (Lipinski definition) is 5. The van der Waals surface area contributed by atoms with Crippen LogP contribution in [0.25, 0.3) is 0 Å². The van der Waals surface area contributed by atoms with E-state index in [1.807, 2.05) is 12.1 Å². The number of thiazole rings is 1. The van der Waals surface area contributed by atoms with Gasteiger partial charge in [0.1, 0.15) is 11.9 Å². The van der Waals surface area contributed by atoms with Crippen molar-refractivity contribution >= 4 is 23.2 Å². The van der Waals surface area contributed by atoms with Crippen molar-refractivity contribution in [3.63, 3.8) is 0 Å². The first-order valence-electron chi connectivity index (χ1n) is 9.20. The van der Waals surface area contributed by atoms with E-state index in [-0.39, 0.29) is 17.9 Å². The summed E-state index contributed by atoms with van der Waals surface area (Å²) in [5, 5.41) is 6.91. The van der Waals surface area contributed by atoms with E-state index in [0.717, 1.165) is 9.88 Å². The third kappa shape index (κ3) is 3.71. The van der Waals surface area contributed by atoms with Crippen LogP contribution in [0, 0.1) is 0 Å². The summed E-state index contributed by atoms with van der Waals surface area (Å²) in [6, 6.07) is 6.73.